The third kappa shape index (κ3) is 5.35. The Kier molecular flexibility index (Phi) is 6.67. The lowest BCUT2D eigenvalue weighted by atomic mass is 10.2. The SMILES string of the molecule is CCCN(CC#CCOc1ccc(Cl)cc1)c1ccccc1. The molecule has 0 aliphatic carbocycles. The molecule has 2 rings (SSSR count). The Morgan fingerprint density at radius 2 is 1.73 bits per heavy atom. The lowest BCUT2D eigenvalue weighted by Crippen LogP contribution is -2.24. The Hall–Kier alpha value is -2.11. The van der Waals surface area contributed by atoms with Crippen molar-refractivity contribution in [1.29, 1.82) is 0 Å². The van der Waals surface area contributed by atoms with E-state index in [4.69, 9.17) is 16.3 Å². The van der Waals surface area contributed by atoms with Crippen LogP contribution in [0.3, 0.4) is 0 Å². The zero-order valence-corrected chi connectivity index (χ0v) is 13.5. The van der Waals surface area contributed by atoms with Crippen molar-refractivity contribution in [2.75, 3.05) is 24.6 Å². The second-order valence-corrected chi connectivity index (χ2v) is 5.29. The first-order valence-electron chi connectivity index (χ1n) is 7.43. The molecule has 0 saturated carbocycles. The van der Waals surface area contributed by atoms with E-state index >= 15 is 0 Å². The third-order valence-corrected chi connectivity index (χ3v) is 3.39. The fraction of sp³-hybridized carbons (Fsp3) is 0.263. The molecule has 114 valence electrons. The topological polar surface area (TPSA) is 12.5 Å². The predicted octanol–water partition coefficient (Wildman–Crippen LogP) is 4.64. The molecule has 0 heterocycles. The van der Waals surface area contributed by atoms with Gasteiger partial charge < -0.3 is 9.64 Å². The first kappa shape index (κ1) is 16.3. The van der Waals surface area contributed by atoms with Crippen LogP contribution in [-0.2, 0) is 0 Å². The molecular weight excluding hydrogens is 294 g/mol. The highest BCUT2D eigenvalue weighted by molar-refractivity contribution is 6.30. The van der Waals surface area contributed by atoms with Gasteiger partial charge in [0.05, 0.1) is 6.54 Å². The number of halogens is 1. The molecule has 0 aliphatic heterocycles. The summed E-state index contributed by atoms with van der Waals surface area (Å²) in [4.78, 5) is 2.27. The van der Waals surface area contributed by atoms with Gasteiger partial charge in [-0.1, -0.05) is 48.6 Å². The number of rotatable bonds is 6. The molecule has 0 spiro atoms. The van der Waals surface area contributed by atoms with E-state index in [1.54, 1.807) is 0 Å². The Morgan fingerprint density at radius 3 is 2.41 bits per heavy atom. The summed E-state index contributed by atoms with van der Waals surface area (Å²) in [5.41, 5.74) is 1.21. The van der Waals surface area contributed by atoms with Gasteiger partial charge in [0.1, 0.15) is 12.4 Å². The number of hydrogen-bond acceptors (Lipinski definition) is 2. The zero-order chi connectivity index (χ0) is 15.6. The van der Waals surface area contributed by atoms with Crippen molar-refractivity contribution in [2.45, 2.75) is 13.3 Å². The largest absolute Gasteiger partial charge is 0.481 e. The fourth-order valence-electron chi connectivity index (χ4n) is 2.06. The molecule has 0 unspecified atom stereocenters. The molecule has 0 aliphatic rings. The molecule has 0 aromatic heterocycles. The molecule has 0 N–H and O–H groups in total. The van der Waals surface area contributed by atoms with Crippen LogP contribution in [-0.4, -0.2) is 19.7 Å². The molecule has 0 saturated heterocycles. The summed E-state index contributed by atoms with van der Waals surface area (Å²) >= 11 is 5.83. The Bertz CT molecular complexity index is 613. The Balaban J connectivity index is 1.84. The maximum atomic E-state index is 5.83. The van der Waals surface area contributed by atoms with Crippen molar-refractivity contribution in [2.24, 2.45) is 0 Å². The Labute approximate surface area is 137 Å². The van der Waals surface area contributed by atoms with Gasteiger partial charge in [0.2, 0.25) is 0 Å². The van der Waals surface area contributed by atoms with E-state index in [-0.39, 0.29) is 0 Å². The predicted molar refractivity (Wildman–Crippen MR) is 93.7 cm³/mol. The van der Waals surface area contributed by atoms with E-state index in [0.29, 0.717) is 18.2 Å². The number of hydrogen-bond donors (Lipinski definition) is 0. The maximum Gasteiger partial charge on any atom is 0.149 e. The van der Waals surface area contributed by atoms with E-state index in [0.717, 1.165) is 18.7 Å². The van der Waals surface area contributed by atoms with E-state index in [2.05, 4.69) is 47.9 Å². The van der Waals surface area contributed by atoms with Gasteiger partial charge in [-0.2, -0.15) is 0 Å². The minimum atomic E-state index is 0.385. The van der Waals surface area contributed by atoms with Crippen LogP contribution in [0.2, 0.25) is 5.02 Å². The second-order valence-electron chi connectivity index (χ2n) is 4.85. The molecule has 0 atom stereocenters. The number of anilines is 1. The average Bonchev–Trinajstić information content (AvgIpc) is 2.56. The third-order valence-electron chi connectivity index (χ3n) is 3.13. The smallest absolute Gasteiger partial charge is 0.149 e. The van der Waals surface area contributed by atoms with Gasteiger partial charge in [-0.05, 0) is 42.8 Å². The van der Waals surface area contributed by atoms with Crippen LogP contribution in [0.4, 0.5) is 5.69 Å². The van der Waals surface area contributed by atoms with Gasteiger partial charge in [-0.25, -0.2) is 0 Å². The summed E-state index contributed by atoms with van der Waals surface area (Å²) in [6.45, 7) is 4.27. The van der Waals surface area contributed by atoms with Gasteiger partial charge in [0, 0.05) is 17.3 Å². The summed E-state index contributed by atoms with van der Waals surface area (Å²) < 4.78 is 5.56. The van der Waals surface area contributed by atoms with E-state index in [1.807, 2.05) is 30.3 Å². The highest BCUT2D eigenvalue weighted by Crippen LogP contribution is 2.15. The summed E-state index contributed by atoms with van der Waals surface area (Å²) in [7, 11) is 0. The van der Waals surface area contributed by atoms with Gasteiger partial charge in [0.15, 0.2) is 0 Å². The van der Waals surface area contributed by atoms with Crippen LogP contribution in [0.5, 0.6) is 5.75 Å². The van der Waals surface area contributed by atoms with E-state index in [1.165, 1.54) is 5.69 Å². The average molecular weight is 314 g/mol. The highest BCUT2D eigenvalue weighted by atomic mass is 35.5. The van der Waals surface area contributed by atoms with Crippen molar-refractivity contribution in [1.82, 2.24) is 0 Å². The maximum absolute atomic E-state index is 5.83. The molecule has 0 radical (unpaired) electrons. The summed E-state index contributed by atoms with van der Waals surface area (Å²) in [6, 6.07) is 17.7. The number of nitrogens with zero attached hydrogens (tertiary/aromatic N) is 1. The van der Waals surface area contributed by atoms with Gasteiger partial charge >= 0.3 is 0 Å². The van der Waals surface area contributed by atoms with Crippen LogP contribution in [0, 0.1) is 11.8 Å². The lowest BCUT2D eigenvalue weighted by molar-refractivity contribution is 0.370. The fourth-order valence-corrected chi connectivity index (χ4v) is 2.19. The standard InChI is InChI=1S/C19H20ClNO/c1-2-14-21(18-8-4-3-5-9-18)15-6-7-16-22-19-12-10-17(20)11-13-19/h3-5,8-13H,2,14-16H2,1H3. The normalized spacial score (nSPS) is 9.73. The molecule has 0 bridgehead atoms. The molecule has 2 aromatic carbocycles. The lowest BCUT2D eigenvalue weighted by Gasteiger charge is -2.21. The number of para-hydroxylation sites is 1. The van der Waals surface area contributed by atoms with E-state index in [9.17, 15) is 0 Å². The van der Waals surface area contributed by atoms with Crippen LogP contribution in [0.15, 0.2) is 54.6 Å². The van der Waals surface area contributed by atoms with Crippen molar-refractivity contribution in [3.05, 3.63) is 59.6 Å². The molecule has 2 nitrogen and oxygen atoms in total. The van der Waals surface area contributed by atoms with Crippen molar-refractivity contribution in [3.8, 4) is 17.6 Å². The Morgan fingerprint density at radius 1 is 1.00 bits per heavy atom. The van der Waals surface area contributed by atoms with Crippen LogP contribution in [0.1, 0.15) is 13.3 Å². The molecule has 3 heteroatoms. The van der Waals surface area contributed by atoms with Crippen molar-refractivity contribution >= 4 is 17.3 Å². The quantitative estimate of drug-likeness (QED) is 0.720. The first-order valence-corrected chi connectivity index (χ1v) is 7.81. The molecular formula is C19H20ClNO. The zero-order valence-electron chi connectivity index (χ0n) is 12.8. The molecule has 2 aromatic rings. The summed E-state index contributed by atoms with van der Waals surface area (Å²) in [5.74, 6) is 7.02. The van der Waals surface area contributed by atoms with Crippen molar-refractivity contribution < 1.29 is 4.74 Å². The molecule has 0 amide bonds. The minimum absolute atomic E-state index is 0.385. The summed E-state index contributed by atoms with van der Waals surface area (Å²) in [5, 5.41) is 0.705. The second kappa shape index (κ2) is 9.02. The van der Waals surface area contributed by atoms with Gasteiger partial charge in [0.25, 0.3) is 0 Å². The highest BCUT2D eigenvalue weighted by Gasteiger charge is 2.01. The van der Waals surface area contributed by atoms with Gasteiger partial charge in [-0.3, -0.25) is 0 Å². The van der Waals surface area contributed by atoms with Crippen LogP contribution in [0.25, 0.3) is 0 Å². The first-order chi connectivity index (χ1) is 10.8. The minimum Gasteiger partial charge on any atom is -0.481 e. The van der Waals surface area contributed by atoms with Crippen LogP contribution >= 0.6 is 11.6 Å². The summed E-state index contributed by atoms with van der Waals surface area (Å²) in [6.07, 6.45) is 1.10. The van der Waals surface area contributed by atoms with Crippen molar-refractivity contribution in [3.63, 3.8) is 0 Å². The monoisotopic (exact) mass is 313 g/mol. The number of benzene rings is 2. The molecule has 22 heavy (non-hydrogen) atoms. The molecule has 0 fully saturated rings. The van der Waals surface area contributed by atoms with Crippen LogP contribution < -0.4 is 9.64 Å². The van der Waals surface area contributed by atoms with Gasteiger partial charge in [-0.15, -0.1) is 0 Å². The number of ether oxygens (including phenoxy) is 1. The van der Waals surface area contributed by atoms with E-state index < -0.39 is 0 Å².